The molecule has 1 aromatic heterocycles. The van der Waals surface area contributed by atoms with Crippen LogP contribution in [-0.4, -0.2) is 15.5 Å². The van der Waals surface area contributed by atoms with E-state index in [9.17, 15) is 9.59 Å². The van der Waals surface area contributed by atoms with Crippen LogP contribution < -0.4 is 16.6 Å². The van der Waals surface area contributed by atoms with E-state index in [-0.39, 0.29) is 11.5 Å². The van der Waals surface area contributed by atoms with Crippen LogP contribution in [0.25, 0.3) is 10.9 Å². The van der Waals surface area contributed by atoms with Crippen molar-refractivity contribution in [3.63, 3.8) is 0 Å². The third kappa shape index (κ3) is 2.31. The second-order valence-corrected chi connectivity index (χ2v) is 5.54. The molecule has 0 radical (unpaired) electrons. The lowest BCUT2D eigenvalue weighted by atomic mass is 10.0. The molecule has 22 heavy (non-hydrogen) atoms. The molecule has 114 valence electrons. The van der Waals surface area contributed by atoms with E-state index >= 15 is 0 Å². The molecule has 1 unspecified atom stereocenters. The molecule has 2 aromatic rings. The molecule has 0 spiro atoms. The van der Waals surface area contributed by atoms with Crippen molar-refractivity contribution < 1.29 is 4.79 Å². The first-order valence-corrected chi connectivity index (χ1v) is 7.21. The van der Waals surface area contributed by atoms with E-state index in [1.807, 2.05) is 12.1 Å². The topological polar surface area (TPSA) is 90.0 Å². The molecule has 1 atom stereocenters. The fourth-order valence-electron chi connectivity index (χ4n) is 2.86. The predicted octanol–water partition coefficient (Wildman–Crippen LogP) is 1.13. The Hall–Kier alpha value is -2.47. The number of aryl methyl sites for hydroxylation is 1. The number of piperidine rings is 1. The maximum absolute atomic E-state index is 12.8. The van der Waals surface area contributed by atoms with Crippen molar-refractivity contribution in [3.05, 3.63) is 52.2 Å². The Labute approximate surface area is 127 Å². The molecule has 1 amide bonds. The summed E-state index contributed by atoms with van der Waals surface area (Å²) in [7, 11) is 0. The van der Waals surface area contributed by atoms with Crippen molar-refractivity contribution >= 4 is 16.8 Å². The number of aromatic nitrogens is 2. The summed E-state index contributed by atoms with van der Waals surface area (Å²) >= 11 is 0. The highest BCUT2D eigenvalue weighted by atomic mass is 16.2. The zero-order valence-electron chi connectivity index (χ0n) is 12.4. The summed E-state index contributed by atoms with van der Waals surface area (Å²) in [5.74, 6) is 0.320. The highest BCUT2D eigenvalue weighted by Gasteiger charge is 2.28. The van der Waals surface area contributed by atoms with E-state index in [1.165, 1.54) is 4.57 Å². The minimum absolute atomic E-state index is 0.196. The number of hydrogen-bond donors (Lipinski definition) is 2. The van der Waals surface area contributed by atoms with Gasteiger partial charge in [-0.05, 0) is 37.5 Å². The number of nitrogens with one attached hydrogen (secondary N) is 1. The smallest absolute Gasteiger partial charge is 0.262 e. The first-order valence-electron chi connectivity index (χ1n) is 7.21. The van der Waals surface area contributed by atoms with Crippen molar-refractivity contribution in [2.45, 2.75) is 32.4 Å². The second kappa shape index (κ2) is 5.38. The van der Waals surface area contributed by atoms with Crippen LogP contribution in [0, 0.1) is 6.92 Å². The Morgan fingerprint density at radius 2 is 2.23 bits per heavy atom. The lowest BCUT2D eigenvalue weighted by Gasteiger charge is -2.26. The number of rotatable bonds is 2. The number of carbonyl (C=O) groups is 1. The Morgan fingerprint density at radius 3 is 2.91 bits per heavy atom. The van der Waals surface area contributed by atoms with Gasteiger partial charge in [0.05, 0.1) is 10.9 Å². The maximum atomic E-state index is 12.8. The van der Waals surface area contributed by atoms with Gasteiger partial charge in [0.2, 0.25) is 5.91 Å². The summed E-state index contributed by atoms with van der Waals surface area (Å²) in [6, 6.07) is 4.82. The monoisotopic (exact) mass is 298 g/mol. The van der Waals surface area contributed by atoms with Gasteiger partial charge < -0.3 is 11.1 Å². The molecule has 0 saturated carbocycles. The zero-order valence-corrected chi connectivity index (χ0v) is 12.4. The lowest BCUT2D eigenvalue weighted by molar-refractivity contribution is -0.124. The zero-order chi connectivity index (χ0) is 15.9. The number of nitrogens with two attached hydrogens (primary N) is 1. The van der Waals surface area contributed by atoms with Gasteiger partial charge in [0, 0.05) is 12.2 Å². The van der Waals surface area contributed by atoms with Gasteiger partial charge in [-0.3, -0.25) is 14.2 Å². The molecule has 3 N–H and O–H groups in total. The van der Waals surface area contributed by atoms with Crippen LogP contribution in [0.4, 0.5) is 0 Å². The standard InChI is InChI=1S/C16H18N4O2/c1-9-3-6-14(15(21)18-9)20-10(2)19-13-7-11(8-17)4-5-12(13)16(20)22/h4-5,7,14H,1,3,6,8,17H2,2H3,(H,18,21). The van der Waals surface area contributed by atoms with E-state index in [0.717, 1.165) is 5.56 Å². The van der Waals surface area contributed by atoms with Gasteiger partial charge >= 0.3 is 0 Å². The van der Waals surface area contributed by atoms with Crippen LogP contribution >= 0.6 is 0 Å². The first kappa shape index (κ1) is 14.5. The SMILES string of the molecule is C=C1CCC(n2c(C)nc3cc(CN)ccc3c2=O)C(=O)N1. The average Bonchev–Trinajstić information content (AvgIpc) is 2.48. The van der Waals surface area contributed by atoms with Crippen molar-refractivity contribution in [3.8, 4) is 0 Å². The Balaban J connectivity index is 2.16. The largest absolute Gasteiger partial charge is 0.329 e. The Bertz CT molecular complexity index is 838. The summed E-state index contributed by atoms with van der Waals surface area (Å²) in [4.78, 5) is 29.4. The summed E-state index contributed by atoms with van der Waals surface area (Å²) in [5, 5.41) is 3.21. The van der Waals surface area contributed by atoms with Crippen molar-refractivity contribution in [2.24, 2.45) is 5.73 Å². The average molecular weight is 298 g/mol. The quantitative estimate of drug-likeness (QED) is 0.869. The minimum atomic E-state index is -0.538. The fraction of sp³-hybridized carbons (Fsp3) is 0.312. The minimum Gasteiger partial charge on any atom is -0.329 e. The molecule has 1 aliphatic rings. The van der Waals surface area contributed by atoms with Crippen LogP contribution in [0.15, 0.2) is 35.3 Å². The van der Waals surface area contributed by atoms with Gasteiger partial charge in [-0.1, -0.05) is 12.6 Å². The summed E-state index contributed by atoms with van der Waals surface area (Å²) in [6.07, 6.45) is 1.21. The van der Waals surface area contributed by atoms with Gasteiger partial charge in [0.15, 0.2) is 0 Å². The molecule has 3 rings (SSSR count). The fourth-order valence-corrected chi connectivity index (χ4v) is 2.86. The van der Waals surface area contributed by atoms with E-state index < -0.39 is 6.04 Å². The molecule has 0 aliphatic carbocycles. The maximum Gasteiger partial charge on any atom is 0.262 e. The molecule has 1 fully saturated rings. The number of nitrogens with zero attached hydrogens (tertiary/aromatic N) is 2. The third-order valence-corrected chi connectivity index (χ3v) is 4.01. The number of allylic oxidation sites excluding steroid dienone is 1. The molecular formula is C16H18N4O2. The number of fused-ring (bicyclic) bond motifs is 1. The van der Waals surface area contributed by atoms with Crippen molar-refractivity contribution in [1.29, 1.82) is 0 Å². The molecule has 1 saturated heterocycles. The first-order chi connectivity index (χ1) is 10.5. The second-order valence-electron chi connectivity index (χ2n) is 5.54. The summed E-state index contributed by atoms with van der Waals surface area (Å²) < 4.78 is 1.48. The normalized spacial score (nSPS) is 18.5. The van der Waals surface area contributed by atoms with Crippen LogP contribution in [0.2, 0.25) is 0 Å². The van der Waals surface area contributed by atoms with Crippen LogP contribution in [0.1, 0.15) is 30.3 Å². The summed E-state index contributed by atoms with van der Waals surface area (Å²) in [6.45, 7) is 5.90. The van der Waals surface area contributed by atoms with Gasteiger partial charge in [-0.2, -0.15) is 0 Å². The van der Waals surface area contributed by atoms with Gasteiger partial charge in [0.1, 0.15) is 11.9 Å². The Morgan fingerprint density at radius 1 is 1.45 bits per heavy atom. The molecular weight excluding hydrogens is 280 g/mol. The number of benzene rings is 1. The Kier molecular flexibility index (Phi) is 3.54. The molecule has 1 aliphatic heterocycles. The molecule has 6 heteroatoms. The number of amides is 1. The van der Waals surface area contributed by atoms with Gasteiger partial charge in [-0.15, -0.1) is 0 Å². The van der Waals surface area contributed by atoms with E-state index in [4.69, 9.17) is 5.73 Å². The van der Waals surface area contributed by atoms with Crippen molar-refractivity contribution in [2.75, 3.05) is 0 Å². The molecule has 1 aromatic carbocycles. The third-order valence-electron chi connectivity index (χ3n) is 4.01. The summed E-state index contributed by atoms with van der Waals surface area (Å²) in [5.41, 5.74) is 7.65. The van der Waals surface area contributed by atoms with Crippen molar-refractivity contribution in [1.82, 2.24) is 14.9 Å². The number of carbonyl (C=O) groups excluding carboxylic acids is 1. The highest BCUT2D eigenvalue weighted by Crippen LogP contribution is 2.22. The van der Waals surface area contributed by atoms with E-state index in [0.29, 0.717) is 41.8 Å². The van der Waals surface area contributed by atoms with Crippen LogP contribution in [0.5, 0.6) is 0 Å². The predicted molar refractivity (Wildman–Crippen MR) is 84.2 cm³/mol. The van der Waals surface area contributed by atoms with Gasteiger partial charge in [0.25, 0.3) is 5.56 Å². The molecule has 2 heterocycles. The van der Waals surface area contributed by atoms with Gasteiger partial charge in [-0.25, -0.2) is 4.98 Å². The van der Waals surface area contributed by atoms with Crippen LogP contribution in [0.3, 0.4) is 0 Å². The van der Waals surface area contributed by atoms with E-state index in [1.54, 1.807) is 13.0 Å². The molecule has 0 bridgehead atoms. The highest BCUT2D eigenvalue weighted by molar-refractivity contribution is 5.84. The number of hydrogen-bond acceptors (Lipinski definition) is 4. The van der Waals surface area contributed by atoms with Crippen LogP contribution in [-0.2, 0) is 11.3 Å². The molecule has 6 nitrogen and oxygen atoms in total. The van der Waals surface area contributed by atoms with E-state index in [2.05, 4.69) is 16.9 Å². The lowest BCUT2D eigenvalue weighted by Crippen LogP contribution is -2.41.